The van der Waals surface area contributed by atoms with Crippen molar-refractivity contribution in [3.05, 3.63) is 12.5 Å². The minimum atomic E-state index is -3.56. The maximum absolute atomic E-state index is 13.2. The van der Waals surface area contributed by atoms with Gasteiger partial charge >= 0.3 is 0 Å². The molecule has 7 nitrogen and oxygen atoms in total. The summed E-state index contributed by atoms with van der Waals surface area (Å²) in [6.07, 6.45) is 10.7. The number of hydrogen-bond donors (Lipinski definition) is 0. The van der Waals surface area contributed by atoms with E-state index < -0.39 is 10.0 Å². The number of likely N-dealkylation sites (tertiary alicyclic amines) is 1. The van der Waals surface area contributed by atoms with Gasteiger partial charge in [0, 0.05) is 39.0 Å². The van der Waals surface area contributed by atoms with E-state index in [9.17, 15) is 8.42 Å². The van der Waals surface area contributed by atoms with E-state index in [4.69, 9.17) is 4.74 Å². The second-order valence-corrected chi connectivity index (χ2v) is 9.28. The van der Waals surface area contributed by atoms with Crippen LogP contribution in [0.2, 0.25) is 0 Å². The van der Waals surface area contributed by atoms with Crippen molar-refractivity contribution in [3.63, 3.8) is 0 Å². The lowest BCUT2D eigenvalue weighted by Gasteiger charge is -2.33. The van der Waals surface area contributed by atoms with E-state index in [0.29, 0.717) is 19.8 Å². The van der Waals surface area contributed by atoms with Gasteiger partial charge in [-0.3, -0.25) is 0 Å². The number of imidazole rings is 1. The van der Waals surface area contributed by atoms with Crippen LogP contribution in [0.15, 0.2) is 17.6 Å². The van der Waals surface area contributed by atoms with Gasteiger partial charge in [-0.2, -0.15) is 4.31 Å². The van der Waals surface area contributed by atoms with E-state index in [1.54, 1.807) is 28.4 Å². The maximum atomic E-state index is 13.2. The Balaban J connectivity index is 1.66. The van der Waals surface area contributed by atoms with Crippen molar-refractivity contribution < 1.29 is 13.2 Å². The summed E-state index contributed by atoms with van der Waals surface area (Å²) in [4.78, 5) is 6.59. The summed E-state index contributed by atoms with van der Waals surface area (Å²) in [7, 11) is -1.77. The summed E-state index contributed by atoms with van der Waals surface area (Å²) < 4.78 is 35.2. The lowest BCUT2D eigenvalue weighted by Crippen LogP contribution is -2.44. The third-order valence-corrected chi connectivity index (χ3v) is 7.24. The molecule has 0 aromatic carbocycles. The number of rotatable bonds is 7. The van der Waals surface area contributed by atoms with Crippen LogP contribution in [-0.4, -0.2) is 72.6 Å². The standard InChI is InChI=1S/C18H32N4O3S/c1-20-15-18(19-16-20)26(23,24)22(17-7-13-25-14-8-17)12-6-11-21-9-4-2-3-5-10-21/h15-17H,2-14H2,1H3. The summed E-state index contributed by atoms with van der Waals surface area (Å²) in [6, 6.07) is 0.0138. The van der Waals surface area contributed by atoms with Gasteiger partial charge in [0.15, 0.2) is 5.03 Å². The minimum absolute atomic E-state index is 0.0138. The van der Waals surface area contributed by atoms with Crippen molar-refractivity contribution in [3.8, 4) is 0 Å². The first-order valence-corrected chi connectivity index (χ1v) is 11.3. The first kappa shape index (κ1) is 19.8. The van der Waals surface area contributed by atoms with Gasteiger partial charge in [0.25, 0.3) is 10.0 Å². The Hall–Kier alpha value is -0.960. The zero-order valence-electron chi connectivity index (χ0n) is 15.8. The third-order valence-electron chi connectivity index (χ3n) is 5.40. The average Bonchev–Trinajstić information content (AvgIpc) is 2.92. The lowest BCUT2D eigenvalue weighted by atomic mass is 10.1. The average molecular weight is 385 g/mol. The Morgan fingerprint density at radius 3 is 2.50 bits per heavy atom. The van der Waals surface area contributed by atoms with Crippen LogP contribution in [0.1, 0.15) is 44.9 Å². The molecule has 3 heterocycles. The van der Waals surface area contributed by atoms with Gasteiger partial charge in [-0.25, -0.2) is 13.4 Å². The molecule has 0 unspecified atom stereocenters. The first-order valence-electron chi connectivity index (χ1n) is 9.87. The van der Waals surface area contributed by atoms with Crippen LogP contribution in [-0.2, 0) is 21.8 Å². The molecule has 26 heavy (non-hydrogen) atoms. The first-order chi connectivity index (χ1) is 12.6. The predicted molar refractivity (Wildman–Crippen MR) is 100 cm³/mol. The molecule has 8 heteroatoms. The van der Waals surface area contributed by atoms with E-state index in [1.165, 1.54) is 25.7 Å². The zero-order valence-corrected chi connectivity index (χ0v) is 16.7. The normalized spacial score (nSPS) is 21.2. The molecule has 148 valence electrons. The number of ether oxygens (including phenoxy) is 1. The molecule has 2 aliphatic heterocycles. The molecule has 2 fully saturated rings. The predicted octanol–water partition coefficient (Wildman–Crippen LogP) is 1.86. The number of sulfonamides is 1. The van der Waals surface area contributed by atoms with Crippen molar-refractivity contribution in [2.45, 2.75) is 56.0 Å². The molecular formula is C18H32N4O3S. The molecule has 0 spiro atoms. The number of aryl methyl sites for hydroxylation is 1. The Morgan fingerprint density at radius 2 is 1.88 bits per heavy atom. The molecule has 2 aliphatic rings. The number of aromatic nitrogens is 2. The van der Waals surface area contributed by atoms with Gasteiger partial charge in [0.2, 0.25) is 0 Å². The van der Waals surface area contributed by atoms with Crippen molar-refractivity contribution in [2.24, 2.45) is 7.05 Å². The van der Waals surface area contributed by atoms with Crippen molar-refractivity contribution in [2.75, 3.05) is 39.4 Å². The molecule has 0 radical (unpaired) electrons. The van der Waals surface area contributed by atoms with E-state index in [1.807, 2.05) is 0 Å². The van der Waals surface area contributed by atoms with Crippen LogP contribution in [0, 0.1) is 0 Å². The highest BCUT2D eigenvalue weighted by Crippen LogP contribution is 2.23. The Labute approximate surface area is 157 Å². The zero-order chi connectivity index (χ0) is 18.4. The maximum Gasteiger partial charge on any atom is 0.262 e. The Kier molecular flexibility index (Phi) is 7.08. The van der Waals surface area contributed by atoms with Gasteiger partial charge in [0.1, 0.15) is 0 Å². The fourth-order valence-corrected chi connectivity index (χ4v) is 5.62. The highest BCUT2D eigenvalue weighted by atomic mass is 32.2. The van der Waals surface area contributed by atoms with Gasteiger partial charge in [-0.15, -0.1) is 0 Å². The summed E-state index contributed by atoms with van der Waals surface area (Å²) in [5, 5.41) is 0.154. The van der Waals surface area contributed by atoms with Crippen LogP contribution in [0.5, 0.6) is 0 Å². The van der Waals surface area contributed by atoms with Crippen LogP contribution < -0.4 is 0 Å². The van der Waals surface area contributed by atoms with Gasteiger partial charge in [0.05, 0.1) is 6.33 Å². The van der Waals surface area contributed by atoms with Crippen molar-refractivity contribution in [1.29, 1.82) is 0 Å². The van der Waals surface area contributed by atoms with E-state index in [2.05, 4.69) is 9.88 Å². The van der Waals surface area contributed by atoms with E-state index in [-0.39, 0.29) is 11.1 Å². The molecule has 0 aliphatic carbocycles. The van der Waals surface area contributed by atoms with Gasteiger partial charge in [-0.1, -0.05) is 12.8 Å². The number of nitrogens with zero attached hydrogens (tertiary/aromatic N) is 4. The van der Waals surface area contributed by atoms with Gasteiger partial charge < -0.3 is 14.2 Å². The van der Waals surface area contributed by atoms with E-state index in [0.717, 1.165) is 38.9 Å². The largest absolute Gasteiger partial charge is 0.381 e. The highest BCUT2D eigenvalue weighted by Gasteiger charge is 2.33. The molecule has 3 rings (SSSR count). The quantitative estimate of drug-likeness (QED) is 0.718. The van der Waals surface area contributed by atoms with Crippen molar-refractivity contribution >= 4 is 10.0 Å². The molecular weight excluding hydrogens is 352 g/mol. The molecule has 0 N–H and O–H groups in total. The second-order valence-electron chi connectivity index (χ2n) is 7.45. The summed E-state index contributed by atoms with van der Waals surface area (Å²) in [6.45, 7) is 5.07. The fraction of sp³-hybridized carbons (Fsp3) is 0.833. The highest BCUT2D eigenvalue weighted by molar-refractivity contribution is 7.89. The van der Waals surface area contributed by atoms with Crippen LogP contribution in [0.4, 0.5) is 0 Å². The smallest absolute Gasteiger partial charge is 0.262 e. The Bertz CT molecular complexity index is 647. The molecule has 0 saturated carbocycles. The molecule has 0 bridgehead atoms. The SMILES string of the molecule is Cn1cnc(S(=O)(=O)N(CCCN2CCCCCC2)C2CCOCC2)c1. The fourth-order valence-electron chi connectivity index (χ4n) is 3.92. The monoisotopic (exact) mass is 384 g/mol. The van der Waals surface area contributed by atoms with E-state index >= 15 is 0 Å². The molecule has 0 atom stereocenters. The molecule has 1 aromatic heterocycles. The van der Waals surface area contributed by atoms with Crippen LogP contribution in [0.25, 0.3) is 0 Å². The second kappa shape index (κ2) is 9.30. The summed E-state index contributed by atoms with van der Waals surface area (Å²) >= 11 is 0. The summed E-state index contributed by atoms with van der Waals surface area (Å²) in [5.41, 5.74) is 0. The minimum Gasteiger partial charge on any atom is -0.381 e. The van der Waals surface area contributed by atoms with Gasteiger partial charge in [-0.05, 0) is 51.7 Å². The van der Waals surface area contributed by atoms with Crippen LogP contribution >= 0.6 is 0 Å². The summed E-state index contributed by atoms with van der Waals surface area (Å²) in [5.74, 6) is 0. The topological polar surface area (TPSA) is 67.7 Å². The molecule has 0 amide bonds. The third kappa shape index (κ3) is 5.06. The van der Waals surface area contributed by atoms with Crippen molar-refractivity contribution in [1.82, 2.24) is 18.8 Å². The lowest BCUT2D eigenvalue weighted by molar-refractivity contribution is 0.0575. The number of hydrogen-bond acceptors (Lipinski definition) is 5. The van der Waals surface area contributed by atoms with Crippen LogP contribution in [0.3, 0.4) is 0 Å². The molecule has 2 saturated heterocycles. The molecule has 1 aromatic rings. The Morgan fingerprint density at radius 1 is 1.19 bits per heavy atom.